The second-order valence-corrected chi connectivity index (χ2v) is 15.4. The Morgan fingerprint density at radius 2 is 0.910 bits per heavy atom. The van der Waals surface area contributed by atoms with Crippen LogP contribution >= 0.6 is 0 Å². The summed E-state index contributed by atoms with van der Waals surface area (Å²) in [5.41, 5.74) is -3.01. The molecule has 0 aliphatic heterocycles. The number of amides is 1. The monoisotopic (exact) mass is 903 g/mol. The lowest BCUT2D eigenvalue weighted by Crippen LogP contribution is -2.60. The smallest absolute Gasteiger partial charge is 0.343 e. The van der Waals surface area contributed by atoms with Gasteiger partial charge in [-0.3, -0.25) is 34.1 Å². The summed E-state index contributed by atoms with van der Waals surface area (Å²) in [4.78, 5) is 118. The van der Waals surface area contributed by atoms with Gasteiger partial charge >= 0.3 is 17.9 Å². The standard InChI is InChI=1S/C48H37N7O12/c1-63-17-18-64-22-35(56)55-48(23-65-45(60)32-19-52-39-29(42(32)57)11-8-26-5-2-14-49-36(26)39,24-66-46(61)33-20-53-40-30(43(33)58)12-9-27-6-3-15-50-37(27)40)25-67-47(62)34-21-54-41-31(44(34)59)13-10-28-7-4-16-51-38(28)41/h2-16,19-21H,17-18,22-25H2,1H3,(H,52,57)(H,53,58)(H,54,59)(H,55,56). The van der Waals surface area contributed by atoms with E-state index in [9.17, 15) is 33.6 Å². The molecule has 9 aromatic rings. The minimum atomic E-state index is -2.15. The summed E-state index contributed by atoms with van der Waals surface area (Å²) in [5.74, 6) is -4.37. The first-order valence-electron chi connectivity index (χ1n) is 20.6. The summed E-state index contributed by atoms with van der Waals surface area (Å²) >= 11 is 0. The van der Waals surface area contributed by atoms with Crippen LogP contribution in [0.25, 0.3) is 65.4 Å². The van der Waals surface area contributed by atoms with Gasteiger partial charge in [0.05, 0.1) is 46.3 Å². The Balaban J connectivity index is 1.06. The molecule has 0 aliphatic carbocycles. The topological polar surface area (TPSA) is 264 Å². The Kier molecular flexibility index (Phi) is 12.0. The molecule has 336 valence electrons. The predicted molar refractivity (Wildman–Crippen MR) is 244 cm³/mol. The molecule has 6 heterocycles. The van der Waals surface area contributed by atoms with Gasteiger partial charge in [-0.25, -0.2) is 14.4 Å². The number of nitrogens with one attached hydrogen (secondary N) is 4. The summed E-state index contributed by atoms with van der Waals surface area (Å²) < 4.78 is 27.5. The van der Waals surface area contributed by atoms with Gasteiger partial charge in [-0.2, -0.15) is 0 Å². The van der Waals surface area contributed by atoms with Crippen LogP contribution in [-0.4, -0.2) is 106 Å². The van der Waals surface area contributed by atoms with Crippen molar-refractivity contribution >= 4 is 89.2 Å². The molecule has 0 saturated carbocycles. The number of pyridine rings is 6. The molecule has 9 rings (SSSR count). The Morgan fingerprint density at radius 3 is 1.27 bits per heavy atom. The van der Waals surface area contributed by atoms with Crippen LogP contribution in [0.4, 0.5) is 0 Å². The molecule has 0 atom stereocenters. The zero-order valence-corrected chi connectivity index (χ0v) is 35.4. The SMILES string of the molecule is COCCOCC(=O)NC(COC(=O)c1c[nH]c2c(ccc3cccnc32)c1=O)(COC(=O)c1c[nH]c2c(ccc3cccnc32)c1=O)COC(=O)c1c[nH]c2c(ccc3cccnc32)c1=O. The molecule has 0 saturated heterocycles. The van der Waals surface area contributed by atoms with Crippen molar-refractivity contribution in [3.05, 3.63) is 157 Å². The summed E-state index contributed by atoms with van der Waals surface area (Å²) in [5, 5.41) is 5.21. The first kappa shape index (κ1) is 43.6. The molecule has 19 heteroatoms. The van der Waals surface area contributed by atoms with Crippen LogP contribution in [-0.2, 0) is 28.5 Å². The van der Waals surface area contributed by atoms with Gasteiger partial charge in [0.1, 0.15) is 48.7 Å². The molecule has 19 nitrogen and oxygen atoms in total. The Hall–Kier alpha value is -8.68. The first-order chi connectivity index (χ1) is 32.6. The van der Waals surface area contributed by atoms with Crippen molar-refractivity contribution < 1.29 is 42.9 Å². The maximum atomic E-state index is 13.9. The number of hydrogen-bond donors (Lipinski definition) is 4. The summed E-state index contributed by atoms with van der Waals surface area (Å²) in [6, 6.07) is 20.3. The molecule has 0 spiro atoms. The molecule has 3 aromatic carbocycles. The van der Waals surface area contributed by atoms with Crippen LogP contribution in [0, 0.1) is 0 Å². The van der Waals surface area contributed by atoms with Crippen LogP contribution in [0.5, 0.6) is 0 Å². The summed E-state index contributed by atoms with van der Waals surface area (Å²) in [7, 11) is 1.44. The van der Waals surface area contributed by atoms with Crippen LogP contribution in [0.1, 0.15) is 31.1 Å². The van der Waals surface area contributed by atoms with E-state index in [-0.39, 0.29) is 29.4 Å². The van der Waals surface area contributed by atoms with Crippen LogP contribution in [0.2, 0.25) is 0 Å². The third-order valence-electron chi connectivity index (χ3n) is 11.0. The quantitative estimate of drug-likeness (QED) is 0.0485. The minimum absolute atomic E-state index is 0.00345. The average Bonchev–Trinajstić information content (AvgIpc) is 3.35. The van der Waals surface area contributed by atoms with Gasteiger partial charge in [0.15, 0.2) is 0 Å². The second kappa shape index (κ2) is 18.4. The molecular formula is C48H37N7O12. The third-order valence-corrected chi connectivity index (χ3v) is 11.0. The number of carbonyl (C=O) groups is 4. The fourth-order valence-corrected chi connectivity index (χ4v) is 7.68. The number of nitrogens with zero attached hydrogens (tertiary/aromatic N) is 3. The van der Waals surface area contributed by atoms with Crippen molar-refractivity contribution in [3.63, 3.8) is 0 Å². The van der Waals surface area contributed by atoms with Crippen molar-refractivity contribution in [1.82, 2.24) is 35.2 Å². The minimum Gasteiger partial charge on any atom is -0.459 e. The number of rotatable bonds is 15. The zero-order valence-electron chi connectivity index (χ0n) is 35.4. The Morgan fingerprint density at radius 1 is 0.537 bits per heavy atom. The number of hydrogen-bond acceptors (Lipinski definition) is 15. The number of H-pyrrole nitrogens is 3. The molecule has 0 fully saturated rings. The lowest BCUT2D eigenvalue weighted by atomic mass is 10.0. The molecular weight excluding hydrogens is 867 g/mol. The lowest BCUT2D eigenvalue weighted by Gasteiger charge is -2.33. The number of ether oxygens (including phenoxy) is 5. The van der Waals surface area contributed by atoms with Crippen LogP contribution in [0.3, 0.4) is 0 Å². The zero-order chi connectivity index (χ0) is 46.7. The number of benzene rings is 3. The molecule has 67 heavy (non-hydrogen) atoms. The fraction of sp³-hybridized carbons (Fsp3) is 0.167. The molecule has 0 radical (unpaired) electrons. The second-order valence-electron chi connectivity index (χ2n) is 15.4. The van der Waals surface area contributed by atoms with E-state index >= 15 is 0 Å². The maximum absolute atomic E-state index is 13.9. The summed E-state index contributed by atoms with van der Waals surface area (Å²) in [6.45, 7) is -3.16. The largest absolute Gasteiger partial charge is 0.459 e. The number of aromatic nitrogens is 6. The molecule has 6 aromatic heterocycles. The van der Waals surface area contributed by atoms with E-state index in [0.717, 1.165) is 34.7 Å². The van der Waals surface area contributed by atoms with E-state index in [2.05, 4.69) is 35.2 Å². The molecule has 0 unspecified atom stereocenters. The normalized spacial score (nSPS) is 11.7. The van der Waals surface area contributed by atoms with E-state index in [4.69, 9.17) is 23.7 Å². The maximum Gasteiger partial charge on any atom is 0.343 e. The highest BCUT2D eigenvalue weighted by molar-refractivity contribution is 6.07. The number of fused-ring (bicyclic) bond motifs is 9. The van der Waals surface area contributed by atoms with E-state index in [1.165, 1.54) is 25.3 Å². The van der Waals surface area contributed by atoms with E-state index < -0.39 is 88.8 Å². The fourth-order valence-electron chi connectivity index (χ4n) is 7.68. The van der Waals surface area contributed by atoms with E-state index in [1.807, 2.05) is 18.2 Å². The highest BCUT2D eigenvalue weighted by Gasteiger charge is 2.39. The number of methoxy groups -OCH3 is 1. The van der Waals surface area contributed by atoms with Crippen molar-refractivity contribution in [2.75, 3.05) is 46.8 Å². The van der Waals surface area contributed by atoms with Crippen molar-refractivity contribution in [2.24, 2.45) is 0 Å². The molecule has 1 amide bonds. The van der Waals surface area contributed by atoms with Crippen LogP contribution in [0.15, 0.2) is 124 Å². The predicted octanol–water partition coefficient (Wildman–Crippen LogP) is 4.24. The average molecular weight is 904 g/mol. The van der Waals surface area contributed by atoms with Gasteiger partial charge in [0.25, 0.3) is 0 Å². The molecule has 0 aliphatic rings. The lowest BCUT2D eigenvalue weighted by molar-refractivity contribution is -0.130. The Labute approximate surface area is 376 Å². The highest BCUT2D eigenvalue weighted by atomic mass is 16.6. The van der Waals surface area contributed by atoms with E-state index in [1.54, 1.807) is 55.0 Å². The van der Waals surface area contributed by atoms with Gasteiger partial charge in [-0.15, -0.1) is 0 Å². The third kappa shape index (κ3) is 8.54. The number of aromatic amines is 3. The van der Waals surface area contributed by atoms with Gasteiger partial charge in [0, 0.05) is 76.6 Å². The molecule has 4 N–H and O–H groups in total. The van der Waals surface area contributed by atoms with Gasteiger partial charge in [0.2, 0.25) is 22.2 Å². The number of esters is 3. The number of carbonyl (C=O) groups excluding carboxylic acids is 4. The van der Waals surface area contributed by atoms with Crippen molar-refractivity contribution in [1.29, 1.82) is 0 Å². The highest BCUT2D eigenvalue weighted by Crippen LogP contribution is 2.23. The Bertz CT molecular complexity index is 3290. The van der Waals surface area contributed by atoms with Gasteiger partial charge < -0.3 is 44.0 Å². The summed E-state index contributed by atoms with van der Waals surface area (Å²) in [6.07, 6.45) is 8.14. The van der Waals surface area contributed by atoms with E-state index in [0.29, 0.717) is 33.1 Å². The van der Waals surface area contributed by atoms with Crippen molar-refractivity contribution in [2.45, 2.75) is 5.54 Å². The van der Waals surface area contributed by atoms with Gasteiger partial charge in [-0.1, -0.05) is 36.4 Å². The van der Waals surface area contributed by atoms with Crippen molar-refractivity contribution in [3.8, 4) is 0 Å². The van der Waals surface area contributed by atoms with Gasteiger partial charge in [-0.05, 0) is 36.4 Å². The molecule has 0 bridgehead atoms. The first-order valence-corrected chi connectivity index (χ1v) is 20.6. The van der Waals surface area contributed by atoms with Crippen LogP contribution < -0.4 is 21.6 Å².